The number of carbonyl (C=O) groups excluding carboxylic acids is 2. The molecule has 1 aliphatic heterocycles. The van der Waals surface area contributed by atoms with Gasteiger partial charge in [-0.1, -0.05) is 18.2 Å². The molecule has 31 heavy (non-hydrogen) atoms. The molecule has 1 fully saturated rings. The Kier molecular flexibility index (Phi) is 5.70. The van der Waals surface area contributed by atoms with Crippen LogP contribution in [0.5, 0.6) is 0 Å². The summed E-state index contributed by atoms with van der Waals surface area (Å²) in [5.41, 5.74) is 2.45. The minimum atomic E-state index is -0.761. The molecule has 1 amide bonds. The molecule has 0 atom stereocenters. The van der Waals surface area contributed by atoms with Gasteiger partial charge in [-0.15, -0.1) is 0 Å². The Bertz CT molecular complexity index is 1210. The average molecular weight is 420 g/mol. The van der Waals surface area contributed by atoms with Gasteiger partial charge in [0.2, 0.25) is 0 Å². The van der Waals surface area contributed by atoms with Gasteiger partial charge in [0, 0.05) is 36.9 Å². The van der Waals surface area contributed by atoms with Crippen LogP contribution in [0.3, 0.4) is 0 Å². The average Bonchev–Trinajstić information content (AvgIpc) is 3.31. The molecular weight excluding hydrogens is 396 g/mol. The lowest BCUT2D eigenvalue weighted by Gasteiger charge is -2.19. The van der Waals surface area contributed by atoms with Crippen LogP contribution in [0.4, 0.5) is 11.4 Å². The van der Waals surface area contributed by atoms with Crippen molar-refractivity contribution in [3.63, 3.8) is 0 Å². The van der Waals surface area contributed by atoms with Gasteiger partial charge in [0.15, 0.2) is 12.3 Å². The van der Waals surface area contributed by atoms with Crippen LogP contribution >= 0.6 is 0 Å². The van der Waals surface area contributed by atoms with Gasteiger partial charge >= 0.3 is 5.97 Å². The fraction of sp³-hybridized carbons (Fsp3) is 0.304. The Morgan fingerprint density at radius 3 is 2.52 bits per heavy atom. The van der Waals surface area contributed by atoms with E-state index in [4.69, 9.17) is 4.74 Å². The molecule has 0 unspecified atom stereocenters. The summed E-state index contributed by atoms with van der Waals surface area (Å²) in [6.45, 7) is 3.58. The van der Waals surface area contributed by atoms with Gasteiger partial charge < -0.3 is 15.0 Å². The minimum Gasteiger partial charge on any atom is -0.451 e. The molecule has 1 N–H and O–H groups in total. The van der Waals surface area contributed by atoms with Gasteiger partial charge in [-0.3, -0.25) is 9.59 Å². The normalized spacial score (nSPS) is 13.4. The molecule has 3 aromatic rings. The van der Waals surface area contributed by atoms with Crippen LogP contribution < -0.4 is 15.8 Å². The van der Waals surface area contributed by atoms with Crippen molar-refractivity contribution >= 4 is 34.0 Å². The van der Waals surface area contributed by atoms with Crippen LogP contribution in [-0.4, -0.2) is 41.4 Å². The van der Waals surface area contributed by atoms with E-state index >= 15 is 0 Å². The Balaban J connectivity index is 1.42. The minimum absolute atomic E-state index is 0.00310. The molecule has 2 aromatic carbocycles. The molecule has 0 aliphatic carbocycles. The van der Waals surface area contributed by atoms with E-state index in [1.807, 2.05) is 25.1 Å². The van der Waals surface area contributed by atoms with E-state index < -0.39 is 18.5 Å². The Labute approximate surface area is 179 Å². The number of nitrogens with one attached hydrogen (secondary N) is 1. The number of anilines is 2. The maximum absolute atomic E-state index is 12.6. The Morgan fingerprint density at radius 1 is 1.10 bits per heavy atom. The molecule has 0 radical (unpaired) electrons. The maximum atomic E-state index is 12.6. The monoisotopic (exact) mass is 420 g/mol. The van der Waals surface area contributed by atoms with Crippen molar-refractivity contribution in [1.29, 1.82) is 0 Å². The second-order valence-corrected chi connectivity index (χ2v) is 7.64. The number of nitrogens with zero attached hydrogens (tertiary/aromatic N) is 3. The lowest BCUT2D eigenvalue weighted by molar-refractivity contribution is -0.119. The predicted octanol–water partition coefficient (Wildman–Crippen LogP) is 2.64. The number of aromatic nitrogens is 2. The third-order valence-corrected chi connectivity index (χ3v) is 5.44. The first-order valence-electron chi connectivity index (χ1n) is 10.2. The molecule has 160 valence electrons. The number of benzene rings is 2. The van der Waals surface area contributed by atoms with Crippen molar-refractivity contribution in [2.75, 3.05) is 29.9 Å². The van der Waals surface area contributed by atoms with Gasteiger partial charge in [-0.2, -0.15) is 5.10 Å². The summed E-state index contributed by atoms with van der Waals surface area (Å²) >= 11 is 0. The van der Waals surface area contributed by atoms with Crippen LogP contribution in [0.2, 0.25) is 0 Å². The van der Waals surface area contributed by atoms with Crippen molar-refractivity contribution in [2.45, 2.75) is 19.8 Å². The highest BCUT2D eigenvalue weighted by Crippen LogP contribution is 2.25. The third-order valence-electron chi connectivity index (χ3n) is 5.44. The molecular formula is C23H24N4O4. The highest BCUT2D eigenvalue weighted by Gasteiger charge is 2.19. The van der Waals surface area contributed by atoms with E-state index in [-0.39, 0.29) is 11.3 Å². The van der Waals surface area contributed by atoms with E-state index in [0.29, 0.717) is 16.5 Å². The zero-order valence-corrected chi connectivity index (χ0v) is 17.6. The highest BCUT2D eigenvalue weighted by atomic mass is 16.5. The van der Waals surface area contributed by atoms with E-state index in [1.165, 1.54) is 19.9 Å². The largest absolute Gasteiger partial charge is 0.451 e. The molecule has 8 heteroatoms. The number of esters is 1. The lowest BCUT2D eigenvalue weighted by Crippen LogP contribution is -2.26. The second kappa shape index (κ2) is 8.59. The van der Waals surface area contributed by atoms with Crippen LogP contribution in [0, 0.1) is 6.92 Å². The predicted molar refractivity (Wildman–Crippen MR) is 119 cm³/mol. The molecule has 1 saturated heterocycles. The number of fused-ring (bicyclic) bond motifs is 1. The number of carbonyl (C=O) groups is 2. The summed E-state index contributed by atoms with van der Waals surface area (Å²) in [6, 6.07) is 12.6. The summed E-state index contributed by atoms with van der Waals surface area (Å²) in [6.07, 6.45) is 2.39. The van der Waals surface area contributed by atoms with Crippen LogP contribution in [0.15, 0.2) is 47.3 Å². The first-order valence-corrected chi connectivity index (χ1v) is 10.2. The van der Waals surface area contributed by atoms with Gasteiger partial charge in [0.05, 0.1) is 5.39 Å². The quantitative estimate of drug-likeness (QED) is 0.638. The Morgan fingerprint density at radius 2 is 1.81 bits per heavy atom. The second-order valence-electron chi connectivity index (χ2n) is 7.64. The van der Waals surface area contributed by atoms with E-state index in [0.717, 1.165) is 29.0 Å². The summed E-state index contributed by atoms with van der Waals surface area (Å²) in [5, 5.41) is 7.56. The summed E-state index contributed by atoms with van der Waals surface area (Å²) in [7, 11) is 1.47. The van der Waals surface area contributed by atoms with Crippen LogP contribution in [0.25, 0.3) is 10.8 Å². The SMILES string of the molecule is Cc1cc(N2CCCC2)ccc1NC(=O)COC(=O)c1nn(C)c(=O)c2ccccc12. The molecule has 4 rings (SSSR count). The molecule has 8 nitrogen and oxygen atoms in total. The number of amides is 1. The number of hydrogen-bond donors (Lipinski definition) is 1. The van der Waals surface area contributed by atoms with Crippen molar-refractivity contribution in [1.82, 2.24) is 9.78 Å². The third kappa shape index (κ3) is 4.28. The number of hydrogen-bond acceptors (Lipinski definition) is 6. The van der Waals surface area contributed by atoms with Gasteiger partial charge in [-0.05, 0) is 49.6 Å². The molecule has 2 heterocycles. The first kappa shape index (κ1) is 20.6. The van der Waals surface area contributed by atoms with Crippen molar-refractivity contribution in [2.24, 2.45) is 7.05 Å². The summed E-state index contributed by atoms with van der Waals surface area (Å²) in [5.74, 6) is -1.21. The number of rotatable bonds is 5. The van der Waals surface area contributed by atoms with E-state index in [1.54, 1.807) is 24.3 Å². The van der Waals surface area contributed by atoms with E-state index in [2.05, 4.69) is 15.3 Å². The molecule has 0 bridgehead atoms. The maximum Gasteiger partial charge on any atom is 0.359 e. The molecule has 0 spiro atoms. The zero-order valence-electron chi connectivity index (χ0n) is 17.6. The van der Waals surface area contributed by atoms with Crippen molar-refractivity contribution in [3.8, 4) is 0 Å². The van der Waals surface area contributed by atoms with Crippen molar-refractivity contribution < 1.29 is 14.3 Å². The smallest absolute Gasteiger partial charge is 0.359 e. The number of ether oxygens (including phenoxy) is 1. The highest BCUT2D eigenvalue weighted by molar-refractivity contribution is 6.03. The topological polar surface area (TPSA) is 93.5 Å². The van der Waals surface area contributed by atoms with Crippen LogP contribution in [0.1, 0.15) is 28.9 Å². The van der Waals surface area contributed by atoms with Gasteiger partial charge in [0.25, 0.3) is 11.5 Å². The fourth-order valence-electron chi connectivity index (χ4n) is 3.80. The van der Waals surface area contributed by atoms with Gasteiger partial charge in [0.1, 0.15) is 0 Å². The molecule has 0 saturated carbocycles. The summed E-state index contributed by atoms with van der Waals surface area (Å²) in [4.78, 5) is 39.4. The summed E-state index contributed by atoms with van der Waals surface area (Å²) < 4.78 is 6.26. The first-order chi connectivity index (χ1) is 14.9. The zero-order chi connectivity index (χ0) is 22.0. The lowest BCUT2D eigenvalue weighted by atomic mass is 10.1. The van der Waals surface area contributed by atoms with Crippen molar-refractivity contribution in [3.05, 3.63) is 64.1 Å². The number of aryl methyl sites for hydroxylation is 2. The van der Waals surface area contributed by atoms with Gasteiger partial charge in [-0.25, -0.2) is 9.48 Å². The van der Waals surface area contributed by atoms with Crippen LogP contribution in [-0.2, 0) is 16.6 Å². The van der Waals surface area contributed by atoms with E-state index in [9.17, 15) is 14.4 Å². The standard InChI is InChI=1S/C23H24N4O4/c1-15-13-16(27-11-5-6-12-27)9-10-19(15)24-20(28)14-31-23(30)21-17-7-3-4-8-18(17)22(29)26(2)25-21/h3-4,7-10,13H,5-6,11-12,14H2,1-2H3,(H,24,28). The fourth-order valence-corrected chi connectivity index (χ4v) is 3.80. The molecule has 1 aliphatic rings. The Hall–Kier alpha value is -3.68. The molecule has 1 aromatic heterocycles.